The summed E-state index contributed by atoms with van der Waals surface area (Å²) in [7, 11) is 1.62. The maximum Gasteiger partial charge on any atom is 0.166 e. The average molecular weight is 284 g/mol. The minimum Gasteiger partial charge on any atom is -0.493 e. The van der Waals surface area contributed by atoms with Crippen molar-refractivity contribution in [2.24, 2.45) is 0 Å². The number of nitrogens with one attached hydrogen (secondary N) is 1. The molecule has 0 aliphatic heterocycles. The summed E-state index contributed by atoms with van der Waals surface area (Å²) < 4.78 is 11.0. The second-order valence-electron chi connectivity index (χ2n) is 5.36. The lowest BCUT2D eigenvalue weighted by atomic mass is 10.1. The summed E-state index contributed by atoms with van der Waals surface area (Å²) in [5.74, 6) is 1.41. The van der Waals surface area contributed by atoms with E-state index in [1.807, 2.05) is 18.2 Å². The molecule has 0 radical (unpaired) electrons. The molecule has 0 aromatic heterocycles. The number of halogens is 1. The van der Waals surface area contributed by atoms with Crippen LogP contribution in [0, 0.1) is 0 Å². The molecular weight excluding hydrogens is 262 g/mol. The highest BCUT2D eigenvalue weighted by Gasteiger charge is 2.14. The maximum atomic E-state index is 5.75. The molecule has 1 aromatic carbocycles. The minimum absolute atomic E-state index is 0.0381. The zero-order chi connectivity index (χ0) is 14.5. The van der Waals surface area contributed by atoms with Gasteiger partial charge in [-0.3, -0.25) is 0 Å². The summed E-state index contributed by atoms with van der Waals surface area (Å²) in [4.78, 5) is 0. The molecule has 0 atom stereocenters. The Bertz CT molecular complexity index is 438. The van der Waals surface area contributed by atoms with E-state index in [1.165, 1.54) is 0 Å². The number of rotatable bonds is 6. The second-order valence-corrected chi connectivity index (χ2v) is 5.89. The molecular formula is C15H22ClNO2. The Morgan fingerprint density at radius 2 is 2.05 bits per heavy atom. The number of hydrogen-bond acceptors (Lipinski definition) is 3. The van der Waals surface area contributed by atoms with Gasteiger partial charge in [-0.25, -0.2) is 0 Å². The molecule has 4 heteroatoms. The number of para-hydroxylation sites is 1. The van der Waals surface area contributed by atoms with Crippen molar-refractivity contribution in [1.29, 1.82) is 0 Å². The smallest absolute Gasteiger partial charge is 0.166 e. The van der Waals surface area contributed by atoms with Gasteiger partial charge in [-0.05, 0) is 26.8 Å². The van der Waals surface area contributed by atoms with Crippen molar-refractivity contribution in [3.63, 3.8) is 0 Å². The van der Waals surface area contributed by atoms with Crippen LogP contribution in [0.5, 0.6) is 11.5 Å². The molecule has 0 heterocycles. The van der Waals surface area contributed by atoms with E-state index < -0.39 is 0 Å². The van der Waals surface area contributed by atoms with Gasteiger partial charge in [0.05, 0.1) is 7.11 Å². The van der Waals surface area contributed by atoms with Gasteiger partial charge >= 0.3 is 0 Å². The van der Waals surface area contributed by atoms with E-state index in [9.17, 15) is 0 Å². The third-order valence-electron chi connectivity index (χ3n) is 2.46. The van der Waals surface area contributed by atoms with Crippen LogP contribution in [0.25, 0.3) is 0 Å². The quantitative estimate of drug-likeness (QED) is 0.863. The van der Waals surface area contributed by atoms with Gasteiger partial charge in [0.25, 0.3) is 0 Å². The molecule has 19 heavy (non-hydrogen) atoms. The first-order valence-electron chi connectivity index (χ1n) is 6.20. The van der Waals surface area contributed by atoms with Gasteiger partial charge in [0.1, 0.15) is 6.61 Å². The lowest BCUT2D eigenvalue weighted by molar-refractivity contribution is 0.317. The predicted molar refractivity (Wildman–Crippen MR) is 80.1 cm³/mol. The van der Waals surface area contributed by atoms with Crippen LogP contribution in [0.2, 0.25) is 0 Å². The van der Waals surface area contributed by atoms with Crippen LogP contribution in [0.4, 0.5) is 0 Å². The maximum absolute atomic E-state index is 5.75. The largest absolute Gasteiger partial charge is 0.493 e. The van der Waals surface area contributed by atoms with Gasteiger partial charge in [-0.2, -0.15) is 0 Å². The topological polar surface area (TPSA) is 30.5 Å². The molecule has 3 nitrogen and oxygen atoms in total. The summed E-state index contributed by atoms with van der Waals surface area (Å²) in [6.45, 7) is 11.0. The zero-order valence-corrected chi connectivity index (χ0v) is 12.8. The molecule has 1 aromatic rings. The molecule has 0 aliphatic carbocycles. The standard InChI is InChI=1S/C15H22ClNO2/c1-11(16)10-19-14-12(9-17-15(2,3)4)7-6-8-13(14)18-5/h6-8,17H,1,9-10H2,2-5H3. The highest BCUT2D eigenvalue weighted by atomic mass is 35.5. The van der Waals surface area contributed by atoms with E-state index >= 15 is 0 Å². The molecule has 0 saturated heterocycles. The molecule has 0 aliphatic rings. The fourth-order valence-corrected chi connectivity index (χ4v) is 1.59. The molecule has 0 unspecified atom stereocenters. The van der Waals surface area contributed by atoms with Crippen molar-refractivity contribution in [2.45, 2.75) is 32.9 Å². The molecule has 0 saturated carbocycles. The van der Waals surface area contributed by atoms with Gasteiger partial charge < -0.3 is 14.8 Å². The molecule has 0 bridgehead atoms. The first-order chi connectivity index (χ1) is 8.83. The lowest BCUT2D eigenvalue weighted by Crippen LogP contribution is -2.35. The predicted octanol–water partition coefficient (Wildman–Crippen LogP) is 3.71. The van der Waals surface area contributed by atoms with Crippen LogP contribution in [-0.2, 0) is 6.54 Å². The van der Waals surface area contributed by atoms with Gasteiger partial charge in [-0.15, -0.1) is 0 Å². The van der Waals surface area contributed by atoms with E-state index in [1.54, 1.807) is 7.11 Å². The van der Waals surface area contributed by atoms with Crippen molar-refractivity contribution >= 4 is 11.6 Å². The summed E-state index contributed by atoms with van der Waals surface area (Å²) >= 11 is 5.75. The van der Waals surface area contributed by atoms with E-state index in [0.717, 1.165) is 5.56 Å². The molecule has 1 rings (SSSR count). The Morgan fingerprint density at radius 3 is 2.58 bits per heavy atom. The summed E-state index contributed by atoms with van der Waals surface area (Å²) in [5.41, 5.74) is 1.07. The van der Waals surface area contributed by atoms with Crippen molar-refractivity contribution in [3.8, 4) is 11.5 Å². The van der Waals surface area contributed by atoms with E-state index in [-0.39, 0.29) is 12.1 Å². The monoisotopic (exact) mass is 283 g/mol. The van der Waals surface area contributed by atoms with Crippen LogP contribution in [0.1, 0.15) is 26.3 Å². The van der Waals surface area contributed by atoms with Crippen molar-refractivity contribution in [1.82, 2.24) is 5.32 Å². The second kappa shape index (κ2) is 6.83. The molecule has 0 fully saturated rings. The van der Waals surface area contributed by atoms with Gasteiger partial charge in [-0.1, -0.05) is 30.3 Å². The molecule has 106 valence electrons. The van der Waals surface area contributed by atoms with Gasteiger partial charge in [0.15, 0.2) is 11.5 Å². The normalized spacial score (nSPS) is 11.2. The Hall–Kier alpha value is -1.19. The summed E-state index contributed by atoms with van der Waals surface area (Å²) in [6.07, 6.45) is 0. The zero-order valence-electron chi connectivity index (χ0n) is 12.0. The minimum atomic E-state index is 0.0381. The highest BCUT2D eigenvalue weighted by molar-refractivity contribution is 6.29. The third kappa shape index (κ3) is 5.53. The molecule has 0 amide bonds. The number of benzene rings is 1. The van der Waals surface area contributed by atoms with Gasteiger partial charge in [0, 0.05) is 22.7 Å². The van der Waals surface area contributed by atoms with Crippen LogP contribution in [0.15, 0.2) is 29.8 Å². The van der Waals surface area contributed by atoms with Crippen molar-refractivity contribution < 1.29 is 9.47 Å². The van der Waals surface area contributed by atoms with E-state index in [0.29, 0.717) is 23.1 Å². The number of hydrogen-bond donors (Lipinski definition) is 1. The van der Waals surface area contributed by atoms with Crippen molar-refractivity contribution in [3.05, 3.63) is 35.4 Å². The van der Waals surface area contributed by atoms with Gasteiger partial charge in [0.2, 0.25) is 0 Å². The fraction of sp³-hybridized carbons (Fsp3) is 0.467. The number of methoxy groups -OCH3 is 1. The number of ether oxygens (including phenoxy) is 2. The van der Waals surface area contributed by atoms with E-state index in [2.05, 4.69) is 32.7 Å². The lowest BCUT2D eigenvalue weighted by Gasteiger charge is -2.22. The fourth-order valence-electron chi connectivity index (χ4n) is 1.54. The Labute approximate surface area is 120 Å². The average Bonchev–Trinajstić information content (AvgIpc) is 2.32. The van der Waals surface area contributed by atoms with E-state index in [4.69, 9.17) is 21.1 Å². The first-order valence-corrected chi connectivity index (χ1v) is 6.58. The summed E-state index contributed by atoms with van der Waals surface area (Å²) in [6, 6.07) is 5.82. The Kier molecular flexibility index (Phi) is 5.70. The van der Waals surface area contributed by atoms with Crippen molar-refractivity contribution in [2.75, 3.05) is 13.7 Å². The first kappa shape index (κ1) is 15.9. The van der Waals surface area contributed by atoms with Crippen LogP contribution in [0.3, 0.4) is 0 Å². The van der Waals surface area contributed by atoms with Crippen LogP contribution >= 0.6 is 11.6 Å². The molecule has 0 spiro atoms. The summed E-state index contributed by atoms with van der Waals surface area (Å²) in [5, 5.41) is 3.89. The third-order valence-corrected chi connectivity index (χ3v) is 2.57. The van der Waals surface area contributed by atoms with Crippen LogP contribution in [-0.4, -0.2) is 19.3 Å². The Morgan fingerprint density at radius 1 is 1.37 bits per heavy atom. The molecule has 1 N–H and O–H groups in total. The SMILES string of the molecule is C=C(Cl)COc1c(CNC(C)(C)C)cccc1OC. The van der Waals surface area contributed by atoms with Crippen LogP contribution < -0.4 is 14.8 Å². The highest BCUT2D eigenvalue weighted by Crippen LogP contribution is 2.31. The Balaban J connectivity index is 2.91.